The van der Waals surface area contributed by atoms with Crippen molar-refractivity contribution in [2.45, 2.75) is 13.5 Å². The van der Waals surface area contributed by atoms with Crippen LogP contribution >= 0.6 is 0 Å². The number of nitrogens with two attached hydrogens (primary N) is 1. The van der Waals surface area contributed by atoms with Crippen LogP contribution in [0, 0.1) is 11.6 Å². The molecule has 1 aromatic heterocycles. The van der Waals surface area contributed by atoms with E-state index in [9.17, 15) is 8.78 Å². The van der Waals surface area contributed by atoms with Crippen molar-refractivity contribution in [1.29, 1.82) is 0 Å². The summed E-state index contributed by atoms with van der Waals surface area (Å²) in [4.78, 5) is 0. The van der Waals surface area contributed by atoms with Crippen LogP contribution in [-0.2, 0) is 11.3 Å². The third kappa shape index (κ3) is 2.84. The lowest BCUT2D eigenvalue weighted by atomic mass is 10.1. The van der Waals surface area contributed by atoms with E-state index in [1.165, 1.54) is 4.68 Å². The van der Waals surface area contributed by atoms with Crippen molar-refractivity contribution in [1.82, 2.24) is 20.2 Å². The fraction of sp³-hybridized carbons (Fsp3) is 0.364. The van der Waals surface area contributed by atoms with Gasteiger partial charge in [-0.25, -0.2) is 13.5 Å². The zero-order chi connectivity index (χ0) is 13.8. The highest BCUT2D eigenvalue weighted by Gasteiger charge is 2.15. The third-order valence-corrected chi connectivity index (χ3v) is 2.52. The number of anilines is 1. The predicted octanol–water partition coefficient (Wildman–Crippen LogP) is 1.24. The first kappa shape index (κ1) is 13.3. The molecule has 0 bridgehead atoms. The third-order valence-electron chi connectivity index (χ3n) is 2.52. The SMILES string of the molecule is CCOCCn1nnnc1-c1cc(F)c(F)cc1N. The van der Waals surface area contributed by atoms with Crippen LogP contribution in [0.15, 0.2) is 12.1 Å². The van der Waals surface area contributed by atoms with E-state index in [-0.39, 0.29) is 17.1 Å². The Kier molecular flexibility index (Phi) is 4.00. The molecule has 8 heteroatoms. The maximum absolute atomic E-state index is 13.3. The first-order valence-corrected chi connectivity index (χ1v) is 5.72. The Hall–Kier alpha value is -2.09. The van der Waals surface area contributed by atoms with E-state index in [0.29, 0.717) is 19.8 Å². The second-order valence-electron chi connectivity index (χ2n) is 3.78. The monoisotopic (exact) mass is 269 g/mol. The lowest BCUT2D eigenvalue weighted by Crippen LogP contribution is -2.10. The second kappa shape index (κ2) is 5.70. The minimum atomic E-state index is -1.01. The molecule has 0 radical (unpaired) electrons. The number of aromatic nitrogens is 4. The summed E-state index contributed by atoms with van der Waals surface area (Å²) in [5.74, 6) is -1.73. The topological polar surface area (TPSA) is 78.8 Å². The fourth-order valence-electron chi connectivity index (χ4n) is 1.60. The van der Waals surface area contributed by atoms with Gasteiger partial charge in [-0.15, -0.1) is 5.10 Å². The first-order chi connectivity index (χ1) is 9.13. The lowest BCUT2D eigenvalue weighted by Gasteiger charge is -2.07. The second-order valence-corrected chi connectivity index (χ2v) is 3.78. The molecule has 2 N–H and O–H groups in total. The summed E-state index contributed by atoms with van der Waals surface area (Å²) in [7, 11) is 0. The van der Waals surface area contributed by atoms with E-state index < -0.39 is 11.6 Å². The Morgan fingerprint density at radius 3 is 2.79 bits per heavy atom. The number of nitrogen functional groups attached to an aromatic ring is 1. The number of ether oxygens (including phenoxy) is 1. The highest BCUT2D eigenvalue weighted by atomic mass is 19.2. The summed E-state index contributed by atoms with van der Waals surface area (Å²) in [6.45, 7) is 3.26. The smallest absolute Gasteiger partial charge is 0.184 e. The molecule has 1 aromatic carbocycles. The first-order valence-electron chi connectivity index (χ1n) is 5.72. The van der Waals surface area contributed by atoms with Gasteiger partial charge in [0.1, 0.15) is 0 Å². The molecule has 19 heavy (non-hydrogen) atoms. The quantitative estimate of drug-likeness (QED) is 0.652. The van der Waals surface area contributed by atoms with Crippen LogP contribution in [0.4, 0.5) is 14.5 Å². The van der Waals surface area contributed by atoms with Crippen LogP contribution in [0.5, 0.6) is 0 Å². The molecule has 0 amide bonds. The highest BCUT2D eigenvalue weighted by molar-refractivity contribution is 5.71. The van der Waals surface area contributed by atoms with Crippen molar-refractivity contribution in [2.75, 3.05) is 18.9 Å². The van der Waals surface area contributed by atoms with Gasteiger partial charge in [0, 0.05) is 23.9 Å². The van der Waals surface area contributed by atoms with Crippen molar-refractivity contribution in [3.05, 3.63) is 23.8 Å². The molecule has 6 nitrogen and oxygen atoms in total. The van der Waals surface area contributed by atoms with E-state index >= 15 is 0 Å². The molecule has 0 aliphatic rings. The molecule has 0 saturated carbocycles. The van der Waals surface area contributed by atoms with Crippen LogP contribution in [0.2, 0.25) is 0 Å². The fourth-order valence-corrected chi connectivity index (χ4v) is 1.60. The summed E-state index contributed by atoms with van der Waals surface area (Å²) >= 11 is 0. The maximum atomic E-state index is 13.3. The summed E-state index contributed by atoms with van der Waals surface area (Å²) in [6, 6.07) is 1.89. The van der Waals surface area contributed by atoms with E-state index in [0.717, 1.165) is 12.1 Å². The van der Waals surface area contributed by atoms with Gasteiger partial charge in [0.15, 0.2) is 17.5 Å². The number of rotatable bonds is 5. The number of nitrogens with zero attached hydrogens (tertiary/aromatic N) is 4. The predicted molar refractivity (Wildman–Crippen MR) is 64.1 cm³/mol. The number of benzene rings is 1. The molecule has 1 heterocycles. The van der Waals surface area contributed by atoms with Crippen molar-refractivity contribution in [3.8, 4) is 11.4 Å². The summed E-state index contributed by atoms with van der Waals surface area (Å²) in [6.07, 6.45) is 0. The van der Waals surface area contributed by atoms with Gasteiger partial charge >= 0.3 is 0 Å². The van der Waals surface area contributed by atoms with Crippen molar-refractivity contribution in [3.63, 3.8) is 0 Å². The number of hydrogen-bond donors (Lipinski definition) is 1. The molecule has 0 fully saturated rings. The average Bonchev–Trinajstić information content (AvgIpc) is 2.82. The molecular weight excluding hydrogens is 256 g/mol. The summed E-state index contributed by atoms with van der Waals surface area (Å²) in [5, 5.41) is 11.0. The molecule has 0 atom stereocenters. The van der Waals surface area contributed by atoms with Gasteiger partial charge in [0.25, 0.3) is 0 Å². The van der Waals surface area contributed by atoms with Crippen LogP contribution in [0.3, 0.4) is 0 Å². The molecule has 0 aliphatic heterocycles. The molecule has 102 valence electrons. The molecule has 0 aliphatic carbocycles. The van der Waals surface area contributed by atoms with Crippen LogP contribution in [0.25, 0.3) is 11.4 Å². The highest BCUT2D eigenvalue weighted by Crippen LogP contribution is 2.25. The Morgan fingerprint density at radius 1 is 1.32 bits per heavy atom. The number of hydrogen-bond acceptors (Lipinski definition) is 5. The molecular formula is C11H13F2N5O. The molecule has 0 saturated heterocycles. The van der Waals surface area contributed by atoms with Crippen molar-refractivity contribution >= 4 is 5.69 Å². The minimum absolute atomic E-state index is 0.0753. The average molecular weight is 269 g/mol. The van der Waals surface area contributed by atoms with Gasteiger partial charge in [0.05, 0.1) is 13.2 Å². The lowest BCUT2D eigenvalue weighted by molar-refractivity contribution is 0.136. The van der Waals surface area contributed by atoms with E-state index in [4.69, 9.17) is 10.5 Å². The molecule has 0 spiro atoms. The largest absolute Gasteiger partial charge is 0.398 e. The van der Waals surface area contributed by atoms with Gasteiger partial charge < -0.3 is 10.5 Å². The zero-order valence-corrected chi connectivity index (χ0v) is 10.3. The number of tetrazole rings is 1. The van der Waals surface area contributed by atoms with Crippen molar-refractivity contribution in [2.24, 2.45) is 0 Å². The van der Waals surface area contributed by atoms with Crippen LogP contribution < -0.4 is 5.73 Å². The Morgan fingerprint density at radius 2 is 2.05 bits per heavy atom. The van der Waals surface area contributed by atoms with Crippen LogP contribution in [0.1, 0.15) is 6.92 Å². The van der Waals surface area contributed by atoms with Gasteiger partial charge in [-0.05, 0) is 23.4 Å². The van der Waals surface area contributed by atoms with Gasteiger partial charge in [-0.1, -0.05) is 0 Å². The van der Waals surface area contributed by atoms with E-state index in [2.05, 4.69) is 15.5 Å². The van der Waals surface area contributed by atoms with E-state index in [1.807, 2.05) is 6.92 Å². The molecule has 2 rings (SSSR count). The summed E-state index contributed by atoms with van der Waals surface area (Å²) < 4.78 is 32.9. The zero-order valence-electron chi connectivity index (χ0n) is 10.3. The standard InChI is InChI=1S/C11H13F2N5O/c1-2-19-4-3-18-11(15-16-17-18)7-5-8(12)9(13)6-10(7)14/h5-6H,2-4,14H2,1H3. The minimum Gasteiger partial charge on any atom is -0.398 e. The van der Waals surface area contributed by atoms with Gasteiger partial charge in [-0.3, -0.25) is 0 Å². The Bertz CT molecular complexity index is 572. The molecule has 0 unspecified atom stereocenters. The Labute approximate surface area is 108 Å². The maximum Gasteiger partial charge on any atom is 0.184 e. The van der Waals surface area contributed by atoms with Gasteiger partial charge in [-0.2, -0.15) is 0 Å². The molecule has 2 aromatic rings. The normalized spacial score (nSPS) is 10.9. The van der Waals surface area contributed by atoms with E-state index in [1.54, 1.807) is 0 Å². The Balaban J connectivity index is 2.32. The van der Waals surface area contributed by atoms with Crippen LogP contribution in [-0.4, -0.2) is 33.4 Å². The van der Waals surface area contributed by atoms with Gasteiger partial charge in [0.2, 0.25) is 0 Å². The van der Waals surface area contributed by atoms with Crippen molar-refractivity contribution < 1.29 is 13.5 Å². The summed E-state index contributed by atoms with van der Waals surface area (Å²) in [5.41, 5.74) is 5.98. The number of halogens is 2.